The van der Waals surface area contributed by atoms with Crippen LogP contribution in [0.3, 0.4) is 0 Å². The first kappa shape index (κ1) is 14.3. The molecule has 3 rings (SSSR count). The lowest BCUT2D eigenvalue weighted by atomic mass is 10.1. The van der Waals surface area contributed by atoms with E-state index in [0.29, 0.717) is 18.5 Å². The number of nitrogens with two attached hydrogens (primary N) is 1. The first-order valence-electron chi connectivity index (χ1n) is 6.89. The molecule has 3 aromatic rings. The molecule has 0 saturated heterocycles. The number of aromatic amines is 1. The Morgan fingerprint density at radius 3 is 2.95 bits per heavy atom. The van der Waals surface area contributed by atoms with Crippen molar-refractivity contribution in [3.63, 3.8) is 0 Å². The lowest BCUT2D eigenvalue weighted by Crippen LogP contribution is -2.27. The maximum absolute atomic E-state index is 12.8. The van der Waals surface area contributed by atoms with Gasteiger partial charge in [0.25, 0.3) is 5.56 Å². The normalized spacial score (nSPS) is 13.1. The van der Waals surface area contributed by atoms with Crippen LogP contribution in [0.25, 0.3) is 21.8 Å². The summed E-state index contributed by atoms with van der Waals surface area (Å²) in [6.07, 6.45) is 0. The molecule has 0 saturated carbocycles. The Kier molecular flexibility index (Phi) is 3.59. The molecule has 1 aromatic carbocycles. The Bertz CT molecular complexity index is 881. The molecular weight excluding hydrogens is 332 g/mol. The molecule has 3 N–H and O–H groups in total. The second kappa shape index (κ2) is 5.27. The van der Waals surface area contributed by atoms with Crippen LogP contribution in [0.1, 0.15) is 12.6 Å². The highest BCUT2D eigenvalue weighted by atomic mass is 79.9. The Morgan fingerprint density at radius 1 is 1.48 bits per heavy atom. The van der Waals surface area contributed by atoms with E-state index in [1.165, 1.54) is 0 Å². The van der Waals surface area contributed by atoms with Gasteiger partial charge in [-0.1, -0.05) is 22.9 Å². The monoisotopic (exact) mass is 348 g/mol. The molecule has 0 fully saturated rings. The Labute approximate surface area is 130 Å². The molecule has 6 heteroatoms. The standard InChI is InChI=1S/C15H17BrN4O/c1-8(6-17)7-20-12-4-3-10(16)5-11(12)14-13(15(20)21)9(2)18-19-14/h3-5,8H,6-7,17H2,1-2H3,(H,18,19)/t8-/m0/s1. The van der Waals surface area contributed by atoms with Gasteiger partial charge in [-0.25, -0.2) is 0 Å². The summed E-state index contributed by atoms with van der Waals surface area (Å²) in [7, 11) is 0. The zero-order valence-electron chi connectivity index (χ0n) is 12.0. The minimum absolute atomic E-state index is 0.00799. The summed E-state index contributed by atoms with van der Waals surface area (Å²) in [5.41, 5.74) is 8.13. The first-order valence-corrected chi connectivity index (χ1v) is 7.69. The zero-order chi connectivity index (χ0) is 15.1. The molecule has 0 aliphatic carbocycles. The average Bonchev–Trinajstić information content (AvgIpc) is 2.85. The van der Waals surface area contributed by atoms with Crippen molar-refractivity contribution in [3.8, 4) is 0 Å². The molecule has 0 amide bonds. The van der Waals surface area contributed by atoms with Crippen molar-refractivity contribution < 1.29 is 0 Å². The number of rotatable bonds is 3. The van der Waals surface area contributed by atoms with Crippen molar-refractivity contribution in [1.82, 2.24) is 14.8 Å². The number of aromatic nitrogens is 3. The van der Waals surface area contributed by atoms with E-state index < -0.39 is 0 Å². The molecule has 1 atom stereocenters. The van der Waals surface area contributed by atoms with E-state index in [1.807, 2.05) is 36.6 Å². The van der Waals surface area contributed by atoms with E-state index in [9.17, 15) is 4.79 Å². The molecule has 0 radical (unpaired) electrons. The van der Waals surface area contributed by atoms with Crippen molar-refractivity contribution in [3.05, 3.63) is 38.7 Å². The number of pyridine rings is 1. The highest BCUT2D eigenvalue weighted by Crippen LogP contribution is 2.26. The third kappa shape index (κ3) is 2.28. The third-order valence-corrected chi connectivity index (χ3v) is 4.30. The summed E-state index contributed by atoms with van der Waals surface area (Å²) in [5, 5.41) is 8.85. The second-order valence-electron chi connectivity index (χ2n) is 5.49. The fraction of sp³-hybridized carbons (Fsp3) is 0.333. The molecule has 0 bridgehead atoms. The van der Waals surface area contributed by atoms with Crippen LogP contribution in [-0.4, -0.2) is 21.3 Å². The summed E-state index contributed by atoms with van der Waals surface area (Å²) in [5.74, 6) is 0.235. The van der Waals surface area contributed by atoms with Gasteiger partial charge in [-0.2, -0.15) is 5.10 Å². The zero-order valence-corrected chi connectivity index (χ0v) is 13.6. The topological polar surface area (TPSA) is 76.7 Å². The lowest BCUT2D eigenvalue weighted by molar-refractivity contribution is 0.494. The molecule has 0 aliphatic heterocycles. The van der Waals surface area contributed by atoms with E-state index in [-0.39, 0.29) is 11.5 Å². The highest BCUT2D eigenvalue weighted by molar-refractivity contribution is 9.10. The average molecular weight is 349 g/mol. The fourth-order valence-corrected chi connectivity index (χ4v) is 2.99. The number of fused-ring (bicyclic) bond motifs is 3. The van der Waals surface area contributed by atoms with E-state index in [4.69, 9.17) is 5.73 Å². The Balaban J connectivity index is 2.45. The Morgan fingerprint density at radius 2 is 2.24 bits per heavy atom. The minimum Gasteiger partial charge on any atom is -0.330 e. The van der Waals surface area contributed by atoms with Crippen molar-refractivity contribution in [1.29, 1.82) is 0 Å². The number of aryl methyl sites for hydroxylation is 1. The van der Waals surface area contributed by atoms with E-state index in [2.05, 4.69) is 26.1 Å². The van der Waals surface area contributed by atoms with E-state index >= 15 is 0 Å². The molecule has 0 spiro atoms. The van der Waals surface area contributed by atoms with E-state index in [1.54, 1.807) is 0 Å². The summed E-state index contributed by atoms with van der Waals surface area (Å²) in [6.45, 7) is 5.07. The number of hydrogen-bond acceptors (Lipinski definition) is 3. The smallest absolute Gasteiger partial charge is 0.262 e. The lowest BCUT2D eigenvalue weighted by Gasteiger charge is -2.15. The molecule has 2 heterocycles. The number of H-pyrrole nitrogens is 1. The summed E-state index contributed by atoms with van der Waals surface area (Å²) >= 11 is 3.49. The quantitative estimate of drug-likeness (QED) is 0.763. The SMILES string of the molecule is Cc1[nH]nc2c1c(=O)n(C[C@@H](C)CN)c1ccc(Br)cc21. The van der Waals surface area contributed by atoms with Crippen molar-refractivity contribution in [2.45, 2.75) is 20.4 Å². The molecule has 0 unspecified atom stereocenters. The number of halogens is 1. The largest absolute Gasteiger partial charge is 0.330 e. The Hall–Kier alpha value is -1.66. The number of hydrogen-bond donors (Lipinski definition) is 2. The van der Waals surface area contributed by atoms with Crippen LogP contribution in [0.15, 0.2) is 27.5 Å². The van der Waals surface area contributed by atoms with Crippen LogP contribution in [0.2, 0.25) is 0 Å². The van der Waals surface area contributed by atoms with Crippen LogP contribution >= 0.6 is 15.9 Å². The minimum atomic E-state index is -0.00799. The maximum Gasteiger partial charge on any atom is 0.262 e. The van der Waals surface area contributed by atoms with Gasteiger partial charge < -0.3 is 10.3 Å². The van der Waals surface area contributed by atoms with Gasteiger partial charge in [0.15, 0.2) is 0 Å². The third-order valence-electron chi connectivity index (χ3n) is 3.81. The molecule has 21 heavy (non-hydrogen) atoms. The van der Waals surface area contributed by atoms with Crippen LogP contribution in [-0.2, 0) is 6.54 Å². The molecule has 5 nitrogen and oxygen atoms in total. The van der Waals surface area contributed by atoms with Gasteiger partial charge in [-0.15, -0.1) is 0 Å². The van der Waals surface area contributed by atoms with Crippen LogP contribution in [0.4, 0.5) is 0 Å². The van der Waals surface area contributed by atoms with Crippen LogP contribution < -0.4 is 11.3 Å². The predicted octanol–water partition coefficient (Wildman–Crippen LogP) is 2.54. The number of nitrogens with one attached hydrogen (secondary N) is 1. The number of benzene rings is 1. The summed E-state index contributed by atoms with van der Waals surface area (Å²) in [6, 6.07) is 5.89. The van der Waals surface area contributed by atoms with Crippen molar-refractivity contribution in [2.24, 2.45) is 11.7 Å². The maximum atomic E-state index is 12.8. The number of nitrogens with zero attached hydrogens (tertiary/aromatic N) is 2. The first-order chi connectivity index (χ1) is 10.0. The van der Waals surface area contributed by atoms with Gasteiger partial charge >= 0.3 is 0 Å². The second-order valence-corrected chi connectivity index (χ2v) is 6.41. The summed E-state index contributed by atoms with van der Waals surface area (Å²) < 4.78 is 2.78. The van der Waals surface area contributed by atoms with Gasteiger partial charge in [0, 0.05) is 22.1 Å². The van der Waals surface area contributed by atoms with Gasteiger partial charge in [0.1, 0.15) is 5.52 Å². The van der Waals surface area contributed by atoms with Crippen LogP contribution in [0, 0.1) is 12.8 Å². The van der Waals surface area contributed by atoms with Gasteiger partial charge in [0.2, 0.25) is 0 Å². The van der Waals surface area contributed by atoms with Gasteiger partial charge in [0.05, 0.1) is 10.9 Å². The highest BCUT2D eigenvalue weighted by Gasteiger charge is 2.16. The van der Waals surface area contributed by atoms with Crippen LogP contribution in [0.5, 0.6) is 0 Å². The van der Waals surface area contributed by atoms with E-state index in [0.717, 1.165) is 26.6 Å². The van der Waals surface area contributed by atoms with Crippen molar-refractivity contribution in [2.75, 3.05) is 6.54 Å². The molecule has 110 valence electrons. The van der Waals surface area contributed by atoms with Gasteiger partial charge in [-0.3, -0.25) is 9.89 Å². The summed E-state index contributed by atoms with van der Waals surface area (Å²) in [4.78, 5) is 12.8. The predicted molar refractivity (Wildman–Crippen MR) is 88.5 cm³/mol. The molecular formula is C15H17BrN4O. The molecule has 2 aromatic heterocycles. The van der Waals surface area contributed by atoms with Crippen molar-refractivity contribution >= 4 is 37.7 Å². The molecule has 0 aliphatic rings. The van der Waals surface area contributed by atoms with Gasteiger partial charge in [-0.05, 0) is 37.6 Å². The fourth-order valence-electron chi connectivity index (χ4n) is 2.63.